The van der Waals surface area contributed by atoms with Gasteiger partial charge in [0.05, 0.1) is 5.37 Å². The smallest absolute Gasteiger partial charge is 0.0957 e. The highest BCUT2D eigenvalue weighted by atomic mass is 32.2. The summed E-state index contributed by atoms with van der Waals surface area (Å²) in [6.07, 6.45) is 9.45. The van der Waals surface area contributed by atoms with Gasteiger partial charge in [-0.25, -0.2) is 0 Å². The summed E-state index contributed by atoms with van der Waals surface area (Å²) >= 11 is 2.08. The summed E-state index contributed by atoms with van der Waals surface area (Å²) in [5.74, 6) is 0. The van der Waals surface area contributed by atoms with Gasteiger partial charge < -0.3 is 0 Å². The van der Waals surface area contributed by atoms with E-state index < -0.39 is 0 Å². The van der Waals surface area contributed by atoms with Crippen LogP contribution in [0.3, 0.4) is 0 Å². The van der Waals surface area contributed by atoms with Crippen LogP contribution in [0.15, 0.2) is 4.99 Å². The highest BCUT2D eigenvalue weighted by Gasteiger charge is 2.23. The summed E-state index contributed by atoms with van der Waals surface area (Å²) in [5, 5.41) is 1.29. The van der Waals surface area contributed by atoms with Crippen LogP contribution in [0.5, 0.6) is 0 Å². The second-order valence-electron chi connectivity index (χ2n) is 4.46. The lowest BCUT2D eigenvalue weighted by Gasteiger charge is -2.08. The van der Waals surface area contributed by atoms with Gasteiger partial charge in [-0.2, -0.15) is 0 Å². The average molecular weight is 227 g/mol. The van der Waals surface area contributed by atoms with Crippen molar-refractivity contribution in [1.29, 1.82) is 0 Å². The third-order valence-corrected chi connectivity index (χ3v) is 4.72. The van der Waals surface area contributed by atoms with Crippen LogP contribution in [0.4, 0.5) is 0 Å². The molecule has 2 atom stereocenters. The molecule has 0 spiro atoms. The van der Waals surface area contributed by atoms with Crippen molar-refractivity contribution in [3.05, 3.63) is 0 Å². The molecule has 1 nitrogen and oxygen atoms in total. The molecule has 15 heavy (non-hydrogen) atoms. The van der Waals surface area contributed by atoms with E-state index in [0.29, 0.717) is 10.6 Å². The maximum Gasteiger partial charge on any atom is 0.0957 e. The standard InChI is InChI=1S/C13H25NS/c1-4-6-7-8-9-10-13-14-11(3)12(5-2)15-13/h12-13H,4-10H2,1-3H3/t12-,13-/m1/s1. The number of nitrogens with zero attached hydrogens (tertiary/aromatic N) is 1. The van der Waals surface area contributed by atoms with Gasteiger partial charge in [0.25, 0.3) is 0 Å². The Morgan fingerprint density at radius 1 is 1.13 bits per heavy atom. The number of hydrogen-bond acceptors (Lipinski definition) is 2. The summed E-state index contributed by atoms with van der Waals surface area (Å²) in [5.41, 5.74) is 1.38. The summed E-state index contributed by atoms with van der Waals surface area (Å²) < 4.78 is 0. The van der Waals surface area contributed by atoms with Crippen LogP contribution in [0.1, 0.15) is 65.7 Å². The molecule has 0 radical (unpaired) electrons. The first-order chi connectivity index (χ1) is 7.27. The van der Waals surface area contributed by atoms with Crippen LogP contribution in [-0.4, -0.2) is 16.3 Å². The molecule has 88 valence electrons. The van der Waals surface area contributed by atoms with Crippen molar-refractivity contribution in [1.82, 2.24) is 0 Å². The van der Waals surface area contributed by atoms with Gasteiger partial charge in [-0.3, -0.25) is 4.99 Å². The minimum atomic E-state index is 0.580. The van der Waals surface area contributed by atoms with E-state index in [1.165, 1.54) is 50.7 Å². The Balaban J connectivity index is 2.08. The Labute approximate surface area is 99.1 Å². The molecule has 0 aromatic rings. The number of rotatable bonds is 7. The van der Waals surface area contributed by atoms with Crippen LogP contribution in [0, 0.1) is 0 Å². The quantitative estimate of drug-likeness (QED) is 0.576. The van der Waals surface area contributed by atoms with Gasteiger partial charge in [0.1, 0.15) is 0 Å². The van der Waals surface area contributed by atoms with E-state index in [4.69, 9.17) is 4.99 Å². The molecule has 0 bridgehead atoms. The van der Waals surface area contributed by atoms with Crippen molar-refractivity contribution < 1.29 is 0 Å². The highest BCUT2D eigenvalue weighted by molar-refractivity contribution is 8.01. The lowest BCUT2D eigenvalue weighted by molar-refractivity contribution is 0.603. The summed E-state index contributed by atoms with van der Waals surface area (Å²) in [6.45, 7) is 6.73. The zero-order valence-corrected chi connectivity index (χ0v) is 11.3. The fourth-order valence-electron chi connectivity index (χ4n) is 2.08. The predicted molar refractivity (Wildman–Crippen MR) is 71.9 cm³/mol. The summed E-state index contributed by atoms with van der Waals surface area (Å²) in [4.78, 5) is 4.74. The van der Waals surface area contributed by atoms with E-state index in [0.717, 1.165) is 0 Å². The molecule has 0 aliphatic carbocycles. The molecule has 0 fully saturated rings. The van der Waals surface area contributed by atoms with Gasteiger partial charge in [0, 0.05) is 11.0 Å². The molecule has 0 unspecified atom stereocenters. The molecule has 1 aliphatic rings. The maximum absolute atomic E-state index is 4.74. The van der Waals surface area contributed by atoms with Crippen LogP contribution in [-0.2, 0) is 0 Å². The van der Waals surface area contributed by atoms with Gasteiger partial charge in [0.15, 0.2) is 0 Å². The lowest BCUT2D eigenvalue weighted by atomic mass is 10.1. The van der Waals surface area contributed by atoms with E-state index in [1.807, 2.05) is 0 Å². The SMILES string of the molecule is CCCCCCC[C@@H]1N=C(C)[C@@H](CC)S1. The predicted octanol–water partition coefficient (Wildman–Crippen LogP) is 4.66. The zero-order chi connectivity index (χ0) is 11.1. The second-order valence-corrected chi connectivity index (χ2v) is 5.85. The molecule has 0 saturated heterocycles. The van der Waals surface area contributed by atoms with Crippen molar-refractivity contribution >= 4 is 17.5 Å². The summed E-state index contributed by atoms with van der Waals surface area (Å²) in [7, 11) is 0. The average Bonchev–Trinajstić information content (AvgIpc) is 2.59. The number of hydrogen-bond donors (Lipinski definition) is 0. The fourth-order valence-corrected chi connectivity index (χ4v) is 3.43. The Hall–Kier alpha value is 0.0200. The molecule has 1 aliphatic heterocycles. The number of unbranched alkanes of at least 4 members (excludes halogenated alkanes) is 4. The van der Waals surface area contributed by atoms with Crippen molar-refractivity contribution in [2.75, 3.05) is 0 Å². The molecule has 0 saturated carbocycles. The molecule has 2 heteroatoms. The maximum atomic E-state index is 4.74. The van der Waals surface area contributed by atoms with Crippen LogP contribution in [0.25, 0.3) is 0 Å². The van der Waals surface area contributed by atoms with Gasteiger partial charge in [-0.05, 0) is 19.8 Å². The molecular weight excluding hydrogens is 202 g/mol. The number of thioether (sulfide) groups is 1. The molecule has 1 rings (SSSR count). The lowest BCUT2D eigenvalue weighted by Crippen LogP contribution is -2.06. The third kappa shape index (κ3) is 4.58. The Morgan fingerprint density at radius 2 is 1.87 bits per heavy atom. The first-order valence-corrected chi connectivity index (χ1v) is 7.42. The Bertz CT molecular complexity index is 201. The minimum absolute atomic E-state index is 0.580. The normalized spacial score (nSPS) is 25.7. The van der Waals surface area contributed by atoms with Crippen molar-refractivity contribution in [3.63, 3.8) is 0 Å². The highest BCUT2D eigenvalue weighted by Crippen LogP contribution is 2.32. The van der Waals surface area contributed by atoms with Gasteiger partial charge in [-0.15, -0.1) is 11.8 Å². The molecular formula is C13H25NS. The van der Waals surface area contributed by atoms with E-state index in [2.05, 4.69) is 32.5 Å². The van der Waals surface area contributed by atoms with E-state index in [1.54, 1.807) is 0 Å². The monoisotopic (exact) mass is 227 g/mol. The van der Waals surface area contributed by atoms with Gasteiger partial charge >= 0.3 is 0 Å². The fraction of sp³-hybridized carbons (Fsp3) is 0.923. The van der Waals surface area contributed by atoms with E-state index in [-0.39, 0.29) is 0 Å². The molecule has 0 aromatic carbocycles. The second kappa shape index (κ2) is 7.32. The molecule has 1 heterocycles. The molecule has 0 N–H and O–H groups in total. The molecule has 0 aromatic heterocycles. The number of aliphatic imine (C=N–C) groups is 1. The topological polar surface area (TPSA) is 12.4 Å². The minimum Gasteiger partial charge on any atom is -0.279 e. The van der Waals surface area contributed by atoms with Crippen molar-refractivity contribution in [2.24, 2.45) is 4.99 Å². The van der Waals surface area contributed by atoms with Gasteiger partial charge in [-0.1, -0.05) is 46.0 Å². The third-order valence-electron chi connectivity index (χ3n) is 3.06. The largest absolute Gasteiger partial charge is 0.279 e. The van der Waals surface area contributed by atoms with Crippen molar-refractivity contribution in [2.45, 2.75) is 76.3 Å². The van der Waals surface area contributed by atoms with Gasteiger partial charge in [0.2, 0.25) is 0 Å². The van der Waals surface area contributed by atoms with E-state index in [9.17, 15) is 0 Å². The van der Waals surface area contributed by atoms with Crippen LogP contribution < -0.4 is 0 Å². The Kier molecular flexibility index (Phi) is 6.39. The van der Waals surface area contributed by atoms with Crippen molar-refractivity contribution in [3.8, 4) is 0 Å². The Morgan fingerprint density at radius 3 is 2.47 bits per heavy atom. The first-order valence-electron chi connectivity index (χ1n) is 6.47. The first kappa shape index (κ1) is 13.1. The van der Waals surface area contributed by atoms with E-state index >= 15 is 0 Å². The van der Waals surface area contributed by atoms with Crippen LogP contribution >= 0.6 is 11.8 Å². The zero-order valence-electron chi connectivity index (χ0n) is 10.5. The summed E-state index contributed by atoms with van der Waals surface area (Å²) in [6, 6.07) is 0. The van der Waals surface area contributed by atoms with Crippen LogP contribution in [0.2, 0.25) is 0 Å². The molecule has 0 amide bonds.